The molecule has 0 aliphatic heterocycles. The van der Waals surface area contributed by atoms with Crippen molar-refractivity contribution in [1.82, 2.24) is 14.9 Å². The lowest BCUT2D eigenvalue weighted by Crippen LogP contribution is -2.35. The van der Waals surface area contributed by atoms with Gasteiger partial charge >= 0.3 is 0 Å². The number of hydrogen-bond acceptors (Lipinski definition) is 5. The fraction of sp³-hybridized carbons (Fsp3) is 0.211. The van der Waals surface area contributed by atoms with E-state index in [9.17, 15) is 9.59 Å². The van der Waals surface area contributed by atoms with Gasteiger partial charge in [0.05, 0.1) is 18.0 Å². The highest BCUT2D eigenvalue weighted by molar-refractivity contribution is 6.06. The van der Waals surface area contributed by atoms with Crippen molar-refractivity contribution in [3.05, 3.63) is 64.1 Å². The molecular weight excluding hydrogens is 332 g/mol. The Morgan fingerprint density at radius 3 is 2.58 bits per heavy atom. The summed E-state index contributed by atoms with van der Waals surface area (Å²) in [5.41, 5.74) is 1.80. The highest BCUT2D eigenvalue weighted by atomic mass is 16.3. The molecule has 7 heteroatoms. The van der Waals surface area contributed by atoms with E-state index in [2.05, 4.69) is 15.6 Å². The molecule has 2 aromatic heterocycles. The summed E-state index contributed by atoms with van der Waals surface area (Å²) in [4.78, 5) is 30.4. The Morgan fingerprint density at radius 2 is 1.92 bits per heavy atom. The number of carbonyl (C=O) groups excluding carboxylic acids is 1. The number of fused-ring (bicyclic) bond motifs is 1. The van der Waals surface area contributed by atoms with Gasteiger partial charge in [-0.2, -0.15) is 0 Å². The number of anilines is 1. The van der Waals surface area contributed by atoms with Crippen molar-refractivity contribution in [2.24, 2.45) is 0 Å². The number of carbonyl (C=O) groups is 1. The molecule has 7 nitrogen and oxygen atoms in total. The minimum absolute atomic E-state index is 0.0112. The molecule has 0 radical (unpaired) electrons. The molecule has 0 saturated heterocycles. The number of nitrogens with one attached hydrogen (secondary N) is 2. The monoisotopic (exact) mass is 352 g/mol. The summed E-state index contributed by atoms with van der Waals surface area (Å²) < 4.78 is 1.44. The third-order valence-electron chi connectivity index (χ3n) is 4.05. The van der Waals surface area contributed by atoms with Crippen molar-refractivity contribution in [3.63, 3.8) is 0 Å². The smallest absolute Gasteiger partial charge is 0.271 e. The van der Waals surface area contributed by atoms with Gasteiger partial charge < -0.3 is 15.7 Å². The number of rotatable bonds is 5. The maximum absolute atomic E-state index is 13.2. The molecule has 26 heavy (non-hydrogen) atoms. The number of nitrogens with zero attached hydrogens (tertiary/aromatic N) is 2. The van der Waals surface area contributed by atoms with Crippen LogP contribution in [0.4, 0.5) is 5.69 Å². The largest absolute Gasteiger partial charge is 0.395 e. The summed E-state index contributed by atoms with van der Waals surface area (Å²) >= 11 is 0. The summed E-state index contributed by atoms with van der Waals surface area (Å²) in [6.07, 6.45) is 0. The highest BCUT2D eigenvalue weighted by Crippen LogP contribution is 2.26. The van der Waals surface area contributed by atoms with Crippen molar-refractivity contribution >= 4 is 22.6 Å². The van der Waals surface area contributed by atoms with Crippen LogP contribution in [0.2, 0.25) is 0 Å². The Balaban J connectivity index is 2.41. The zero-order valence-electron chi connectivity index (χ0n) is 14.6. The van der Waals surface area contributed by atoms with Crippen LogP contribution in [0.5, 0.6) is 0 Å². The molecule has 0 aliphatic rings. The first kappa shape index (κ1) is 17.6. The fourth-order valence-corrected chi connectivity index (χ4v) is 2.90. The summed E-state index contributed by atoms with van der Waals surface area (Å²) in [5, 5.41) is 15.1. The van der Waals surface area contributed by atoms with Crippen LogP contribution in [0.1, 0.15) is 16.1 Å². The number of hydrogen-bond donors (Lipinski definition) is 3. The quantitative estimate of drug-likeness (QED) is 0.646. The van der Waals surface area contributed by atoms with Gasteiger partial charge in [0.15, 0.2) is 0 Å². The van der Waals surface area contributed by atoms with E-state index in [0.717, 1.165) is 5.69 Å². The number of para-hydroxylation sites is 1. The van der Waals surface area contributed by atoms with E-state index in [1.165, 1.54) is 4.57 Å². The Bertz CT molecular complexity index is 1010. The minimum atomic E-state index is -0.541. The Labute approximate surface area is 150 Å². The predicted octanol–water partition coefficient (Wildman–Crippen LogP) is 1.46. The normalized spacial score (nSPS) is 10.7. The molecule has 1 amide bonds. The first-order valence-electron chi connectivity index (χ1n) is 8.27. The van der Waals surface area contributed by atoms with Crippen LogP contribution < -0.4 is 16.2 Å². The number of aliphatic hydroxyl groups is 1. The van der Waals surface area contributed by atoms with Crippen molar-refractivity contribution < 1.29 is 9.90 Å². The first-order valence-corrected chi connectivity index (χ1v) is 8.27. The SMILES string of the molecule is CNc1c(C(=O)NCCO)c(=O)n(-c2ccccc2)c2nc(C)ccc12. The highest BCUT2D eigenvalue weighted by Gasteiger charge is 2.23. The van der Waals surface area contributed by atoms with Crippen LogP contribution >= 0.6 is 0 Å². The molecule has 0 unspecified atom stereocenters. The molecule has 3 rings (SSSR count). The molecule has 0 bridgehead atoms. The molecular formula is C19H20N4O3. The number of benzene rings is 1. The van der Waals surface area contributed by atoms with Gasteiger partial charge in [0, 0.05) is 24.7 Å². The summed E-state index contributed by atoms with van der Waals surface area (Å²) in [6, 6.07) is 12.7. The molecule has 0 atom stereocenters. The second kappa shape index (κ2) is 7.37. The minimum Gasteiger partial charge on any atom is -0.395 e. The topological polar surface area (TPSA) is 96.3 Å². The molecule has 3 N–H and O–H groups in total. The van der Waals surface area contributed by atoms with Gasteiger partial charge in [-0.15, -0.1) is 0 Å². The van der Waals surface area contributed by atoms with E-state index in [-0.39, 0.29) is 18.7 Å². The number of aryl methyl sites for hydroxylation is 1. The van der Waals surface area contributed by atoms with Gasteiger partial charge in [0.1, 0.15) is 11.2 Å². The predicted molar refractivity (Wildman–Crippen MR) is 101 cm³/mol. The lowest BCUT2D eigenvalue weighted by Gasteiger charge is -2.17. The van der Waals surface area contributed by atoms with E-state index in [4.69, 9.17) is 5.11 Å². The lowest BCUT2D eigenvalue weighted by atomic mass is 10.1. The van der Waals surface area contributed by atoms with Gasteiger partial charge in [-0.05, 0) is 31.2 Å². The maximum Gasteiger partial charge on any atom is 0.271 e. The van der Waals surface area contributed by atoms with Crippen molar-refractivity contribution in [2.75, 3.05) is 25.5 Å². The molecule has 0 aliphatic carbocycles. The van der Waals surface area contributed by atoms with Gasteiger partial charge in [-0.25, -0.2) is 4.98 Å². The first-order chi connectivity index (χ1) is 12.6. The molecule has 0 saturated carbocycles. The van der Waals surface area contributed by atoms with E-state index in [1.807, 2.05) is 37.3 Å². The van der Waals surface area contributed by atoms with E-state index in [1.54, 1.807) is 19.2 Å². The summed E-state index contributed by atoms with van der Waals surface area (Å²) in [5.74, 6) is -0.541. The number of pyridine rings is 2. The van der Waals surface area contributed by atoms with Crippen LogP contribution in [0, 0.1) is 6.92 Å². The van der Waals surface area contributed by atoms with Crippen LogP contribution in [-0.4, -0.2) is 40.8 Å². The Morgan fingerprint density at radius 1 is 1.19 bits per heavy atom. The third kappa shape index (κ3) is 3.04. The fourth-order valence-electron chi connectivity index (χ4n) is 2.90. The average molecular weight is 352 g/mol. The number of aromatic nitrogens is 2. The van der Waals surface area contributed by atoms with E-state index < -0.39 is 11.5 Å². The lowest BCUT2D eigenvalue weighted by molar-refractivity contribution is 0.0944. The second-order valence-electron chi connectivity index (χ2n) is 5.78. The van der Waals surface area contributed by atoms with Crippen LogP contribution in [0.15, 0.2) is 47.3 Å². The molecule has 0 spiro atoms. The van der Waals surface area contributed by atoms with Gasteiger partial charge in [-0.3, -0.25) is 14.2 Å². The van der Waals surface area contributed by atoms with Gasteiger partial charge in [0.2, 0.25) is 0 Å². The van der Waals surface area contributed by atoms with Crippen LogP contribution in [0.25, 0.3) is 16.7 Å². The molecule has 2 heterocycles. The standard InChI is InChI=1S/C19H20N4O3/c1-12-8-9-14-16(20-2)15(18(25)21-10-11-24)19(26)23(17(14)22-12)13-6-4-3-5-7-13/h3-9,20,24H,10-11H2,1-2H3,(H,21,25). The molecule has 1 aromatic carbocycles. The van der Waals surface area contributed by atoms with Crippen molar-refractivity contribution in [2.45, 2.75) is 6.92 Å². The molecule has 0 fully saturated rings. The molecule has 134 valence electrons. The summed E-state index contributed by atoms with van der Waals surface area (Å²) in [6.45, 7) is 1.71. The third-order valence-corrected chi connectivity index (χ3v) is 4.05. The van der Waals surface area contributed by atoms with E-state index in [0.29, 0.717) is 22.4 Å². The zero-order valence-corrected chi connectivity index (χ0v) is 14.6. The van der Waals surface area contributed by atoms with Crippen molar-refractivity contribution in [1.29, 1.82) is 0 Å². The zero-order chi connectivity index (χ0) is 18.7. The average Bonchev–Trinajstić information content (AvgIpc) is 2.65. The van der Waals surface area contributed by atoms with Gasteiger partial charge in [-0.1, -0.05) is 18.2 Å². The van der Waals surface area contributed by atoms with Crippen molar-refractivity contribution in [3.8, 4) is 5.69 Å². The number of amides is 1. The van der Waals surface area contributed by atoms with E-state index >= 15 is 0 Å². The Hall–Kier alpha value is -3.19. The van der Waals surface area contributed by atoms with Crippen LogP contribution in [0.3, 0.4) is 0 Å². The Kier molecular flexibility index (Phi) is 4.99. The van der Waals surface area contributed by atoms with Crippen LogP contribution in [-0.2, 0) is 0 Å². The van der Waals surface area contributed by atoms with Gasteiger partial charge in [0.25, 0.3) is 11.5 Å². The summed E-state index contributed by atoms with van der Waals surface area (Å²) in [7, 11) is 1.66. The second-order valence-corrected chi connectivity index (χ2v) is 5.78. The number of aliphatic hydroxyl groups excluding tert-OH is 1. The maximum atomic E-state index is 13.2. The molecule has 3 aromatic rings.